The third-order valence-corrected chi connectivity index (χ3v) is 4.30. The van der Waals surface area contributed by atoms with Crippen molar-refractivity contribution in [3.63, 3.8) is 0 Å². The van der Waals surface area contributed by atoms with Crippen molar-refractivity contribution in [2.45, 2.75) is 30.9 Å². The van der Waals surface area contributed by atoms with Gasteiger partial charge in [-0.3, -0.25) is 4.79 Å². The summed E-state index contributed by atoms with van der Waals surface area (Å²) in [6.45, 7) is 4.61. The van der Waals surface area contributed by atoms with E-state index >= 15 is 0 Å². The van der Waals surface area contributed by atoms with Crippen LogP contribution in [0, 0.1) is 5.92 Å². The maximum absolute atomic E-state index is 12.4. The van der Waals surface area contributed by atoms with Crippen molar-refractivity contribution in [2.24, 2.45) is 5.92 Å². The second kappa shape index (κ2) is 6.98. The smallest absolute Gasteiger partial charge is 0.341 e. The summed E-state index contributed by atoms with van der Waals surface area (Å²) >= 11 is 0. The molecule has 0 N–H and O–H groups in total. The molecule has 0 saturated heterocycles. The quantitative estimate of drug-likeness (QED) is 0.809. The Labute approximate surface area is 123 Å². The maximum atomic E-state index is 12.4. The molecule has 0 heterocycles. The van der Waals surface area contributed by atoms with Crippen molar-refractivity contribution in [2.75, 3.05) is 13.6 Å². The number of benzene rings is 1. The molecule has 0 saturated carbocycles. The third-order valence-electron chi connectivity index (χ3n) is 2.91. The third kappa shape index (κ3) is 4.77. The molecule has 1 rings (SSSR count). The summed E-state index contributed by atoms with van der Waals surface area (Å²) < 4.78 is 47.3. The van der Waals surface area contributed by atoms with Crippen molar-refractivity contribution in [1.29, 1.82) is 0 Å². The van der Waals surface area contributed by atoms with Crippen LogP contribution < -0.4 is 0 Å². The number of hydrogen-bond acceptors (Lipinski definition) is 3. The van der Waals surface area contributed by atoms with E-state index in [2.05, 4.69) is 0 Å². The highest BCUT2D eigenvalue weighted by Crippen LogP contribution is 2.19. The van der Waals surface area contributed by atoms with Crippen LogP contribution in [0.15, 0.2) is 29.2 Å². The lowest BCUT2D eigenvalue weighted by atomic mass is 10.1. The number of sulfone groups is 1. The molecule has 0 atom stereocenters. The number of alkyl halides is 2. The fourth-order valence-electron chi connectivity index (χ4n) is 1.86. The summed E-state index contributed by atoms with van der Waals surface area (Å²) in [5, 5.41) is 0. The Morgan fingerprint density at radius 2 is 1.71 bits per heavy atom. The predicted octanol–water partition coefficient (Wildman–Crippen LogP) is 2.34. The van der Waals surface area contributed by atoms with Gasteiger partial charge in [0.1, 0.15) is 0 Å². The van der Waals surface area contributed by atoms with Crippen LogP contribution in [-0.4, -0.2) is 38.6 Å². The Hall–Kier alpha value is -1.50. The van der Waals surface area contributed by atoms with E-state index in [9.17, 15) is 22.0 Å². The highest BCUT2D eigenvalue weighted by molar-refractivity contribution is 7.91. The first-order valence-corrected chi connectivity index (χ1v) is 8.04. The van der Waals surface area contributed by atoms with E-state index in [0.29, 0.717) is 18.0 Å². The summed E-state index contributed by atoms with van der Waals surface area (Å²) in [5.41, 5.74) is 0.587. The molecule has 0 aliphatic heterocycles. The first-order valence-electron chi connectivity index (χ1n) is 6.49. The minimum Gasteiger partial charge on any atom is -0.345 e. The molecule has 0 aliphatic rings. The minimum atomic E-state index is -4.58. The molecule has 1 aromatic carbocycles. The van der Waals surface area contributed by atoms with Gasteiger partial charge in [-0.2, -0.15) is 8.78 Å². The van der Waals surface area contributed by atoms with Crippen LogP contribution >= 0.6 is 0 Å². The fraction of sp³-hybridized carbons (Fsp3) is 0.500. The minimum absolute atomic E-state index is 0.104. The second-order valence-electron chi connectivity index (χ2n) is 5.29. The van der Waals surface area contributed by atoms with Gasteiger partial charge in [-0.1, -0.05) is 26.0 Å². The number of hydrogen-bond donors (Lipinski definition) is 0. The number of halogens is 2. The zero-order chi connectivity index (χ0) is 16.2. The van der Waals surface area contributed by atoms with E-state index in [1.807, 2.05) is 13.8 Å². The summed E-state index contributed by atoms with van der Waals surface area (Å²) in [6.07, 6.45) is 0.109. The molecule has 0 bridgehead atoms. The van der Waals surface area contributed by atoms with Gasteiger partial charge in [-0.15, -0.1) is 0 Å². The zero-order valence-electron chi connectivity index (χ0n) is 12.2. The largest absolute Gasteiger partial charge is 0.345 e. The highest BCUT2D eigenvalue weighted by Gasteiger charge is 2.26. The Morgan fingerprint density at radius 1 is 1.19 bits per heavy atom. The summed E-state index contributed by atoms with van der Waals surface area (Å²) in [4.78, 5) is 13.1. The monoisotopic (exact) mass is 319 g/mol. The topological polar surface area (TPSA) is 54.5 Å². The van der Waals surface area contributed by atoms with Crippen LogP contribution in [0.5, 0.6) is 0 Å². The van der Waals surface area contributed by atoms with Crippen molar-refractivity contribution in [1.82, 2.24) is 4.90 Å². The van der Waals surface area contributed by atoms with Gasteiger partial charge in [0.25, 0.3) is 0 Å². The van der Waals surface area contributed by atoms with Gasteiger partial charge in [-0.05, 0) is 23.6 Å². The standard InChI is InChI=1S/C14H19F2NO3S/c1-10(2)9-17(3)13(18)8-11-4-6-12(7-5-11)21(19,20)14(15)16/h4-7,10,14H,8-9H2,1-3H3. The fourth-order valence-corrected chi connectivity index (χ4v) is 2.58. The van der Waals surface area contributed by atoms with Gasteiger partial charge in [0, 0.05) is 13.6 Å². The van der Waals surface area contributed by atoms with Gasteiger partial charge in [-0.25, -0.2) is 8.42 Å². The molecule has 0 aliphatic carbocycles. The highest BCUT2D eigenvalue weighted by atomic mass is 32.2. The van der Waals surface area contributed by atoms with Crippen LogP contribution in [0.3, 0.4) is 0 Å². The zero-order valence-corrected chi connectivity index (χ0v) is 13.0. The molecule has 0 aromatic heterocycles. The van der Waals surface area contributed by atoms with Crippen molar-refractivity contribution >= 4 is 15.7 Å². The van der Waals surface area contributed by atoms with Crippen molar-refractivity contribution in [3.05, 3.63) is 29.8 Å². The average Bonchev–Trinajstić information content (AvgIpc) is 2.38. The van der Waals surface area contributed by atoms with E-state index in [0.717, 1.165) is 12.1 Å². The van der Waals surface area contributed by atoms with Gasteiger partial charge >= 0.3 is 5.76 Å². The molecule has 1 aromatic rings. The lowest BCUT2D eigenvalue weighted by Gasteiger charge is -2.19. The van der Waals surface area contributed by atoms with Crippen molar-refractivity contribution < 1.29 is 22.0 Å². The van der Waals surface area contributed by atoms with Gasteiger partial charge in [0.15, 0.2) is 0 Å². The van der Waals surface area contributed by atoms with Gasteiger partial charge in [0.2, 0.25) is 15.7 Å². The van der Waals surface area contributed by atoms with E-state index < -0.39 is 20.5 Å². The Kier molecular flexibility index (Phi) is 5.83. The molecule has 118 valence electrons. The molecular weight excluding hydrogens is 300 g/mol. The number of rotatable bonds is 6. The molecule has 7 heteroatoms. The molecule has 1 amide bonds. The van der Waals surface area contributed by atoms with Gasteiger partial charge < -0.3 is 4.90 Å². The van der Waals surface area contributed by atoms with Crippen LogP contribution in [0.4, 0.5) is 8.78 Å². The van der Waals surface area contributed by atoms with E-state index in [-0.39, 0.29) is 12.3 Å². The van der Waals surface area contributed by atoms with E-state index in [1.165, 1.54) is 12.1 Å². The summed E-state index contributed by atoms with van der Waals surface area (Å²) in [5.74, 6) is -3.20. The summed E-state index contributed by atoms with van der Waals surface area (Å²) in [7, 11) is -2.89. The van der Waals surface area contributed by atoms with Crippen molar-refractivity contribution in [3.8, 4) is 0 Å². The predicted molar refractivity (Wildman–Crippen MR) is 75.8 cm³/mol. The SMILES string of the molecule is CC(C)CN(C)C(=O)Cc1ccc(S(=O)(=O)C(F)F)cc1. The molecule has 0 spiro atoms. The Bertz CT molecular complexity index is 583. The number of nitrogens with zero attached hydrogens (tertiary/aromatic N) is 1. The normalized spacial score (nSPS) is 12.0. The molecule has 4 nitrogen and oxygen atoms in total. The van der Waals surface area contributed by atoms with E-state index in [1.54, 1.807) is 11.9 Å². The average molecular weight is 319 g/mol. The Balaban J connectivity index is 2.78. The maximum Gasteiger partial charge on any atom is 0.341 e. The summed E-state index contributed by atoms with van der Waals surface area (Å²) in [6, 6.07) is 4.98. The molecular formula is C14H19F2NO3S. The Morgan fingerprint density at radius 3 is 2.14 bits per heavy atom. The van der Waals surface area contributed by atoms with E-state index in [4.69, 9.17) is 0 Å². The molecule has 0 fully saturated rings. The number of likely N-dealkylation sites (N-methyl/N-ethyl adjacent to an activating group) is 1. The molecule has 21 heavy (non-hydrogen) atoms. The van der Waals surface area contributed by atoms with Crippen LogP contribution in [-0.2, 0) is 21.1 Å². The second-order valence-corrected chi connectivity index (χ2v) is 7.21. The lowest BCUT2D eigenvalue weighted by molar-refractivity contribution is -0.129. The van der Waals surface area contributed by atoms with Crippen LogP contribution in [0.2, 0.25) is 0 Å². The lowest BCUT2D eigenvalue weighted by Crippen LogP contribution is -2.31. The van der Waals surface area contributed by atoms with Crippen LogP contribution in [0.25, 0.3) is 0 Å². The number of carbonyl (C=O) groups excluding carboxylic acids is 1. The first-order chi connectivity index (χ1) is 9.64. The molecule has 0 unspecified atom stereocenters. The first kappa shape index (κ1) is 17.6. The van der Waals surface area contributed by atoms with Crippen LogP contribution in [0.1, 0.15) is 19.4 Å². The molecule has 0 radical (unpaired) electrons. The number of carbonyl (C=O) groups is 1. The number of amides is 1. The van der Waals surface area contributed by atoms with Gasteiger partial charge in [0.05, 0.1) is 11.3 Å².